The van der Waals surface area contributed by atoms with Crippen LogP contribution in [0.2, 0.25) is 0 Å². The van der Waals surface area contributed by atoms with Crippen molar-refractivity contribution in [3.05, 3.63) is 47.5 Å². The van der Waals surface area contributed by atoms with Crippen LogP contribution in [-0.2, 0) is 9.72 Å². The van der Waals surface area contributed by atoms with Crippen molar-refractivity contribution in [2.24, 2.45) is 14.8 Å². The minimum Gasteiger partial charge on any atom is -0.505 e. The number of aromatic hydroxyl groups is 1. The molecule has 202 valence electrons. The van der Waals surface area contributed by atoms with Crippen LogP contribution in [0.4, 0.5) is 5.69 Å². The van der Waals surface area contributed by atoms with Gasteiger partial charge in [-0.05, 0) is 45.0 Å². The van der Waals surface area contributed by atoms with Gasteiger partial charge >= 0.3 is 0 Å². The monoisotopic (exact) mass is 533 g/mol. The van der Waals surface area contributed by atoms with Crippen LogP contribution in [0.25, 0.3) is 0 Å². The van der Waals surface area contributed by atoms with E-state index in [0.717, 1.165) is 11.8 Å². The van der Waals surface area contributed by atoms with E-state index >= 15 is 0 Å². The van der Waals surface area contributed by atoms with Crippen molar-refractivity contribution >= 4 is 33.0 Å². The summed E-state index contributed by atoms with van der Waals surface area (Å²) < 4.78 is 41.1. The van der Waals surface area contributed by atoms with Gasteiger partial charge in [0.05, 0.1) is 37.8 Å². The fourth-order valence-electron chi connectivity index (χ4n) is 3.83. The van der Waals surface area contributed by atoms with Crippen LogP contribution in [0, 0.1) is 5.41 Å². The molecule has 1 atom stereocenters. The Balaban J connectivity index is 2.10. The summed E-state index contributed by atoms with van der Waals surface area (Å²) in [6.07, 6.45) is 1.07. The number of rotatable bonds is 6. The van der Waals surface area contributed by atoms with Gasteiger partial charge in [0.2, 0.25) is 0 Å². The Morgan fingerprint density at radius 1 is 1.16 bits per heavy atom. The highest BCUT2D eigenvalue weighted by atomic mass is 32.3. The Labute approximate surface area is 217 Å². The number of ether oxygens (including phenoxy) is 2. The fourth-order valence-corrected chi connectivity index (χ4v) is 5.03. The normalized spacial score (nSPS) is 19.1. The van der Waals surface area contributed by atoms with Gasteiger partial charge in [-0.2, -0.15) is 4.21 Å². The maximum absolute atomic E-state index is 13.1. The molecule has 0 spiro atoms. The van der Waals surface area contributed by atoms with Crippen LogP contribution in [0.1, 0.15) is 42.7 Å². The number of phenolic OH excluding ortho intramolecular Hbond substituents is 1. The number of carbonyl (C=O) groups is 1. The van der Waals surface area contributed by atoms with Gasteiger partial charge in [-0.15, -0.1) is 4.40 Å². The van der Waals surface area contributed by atoms with Gasteiger partial charge in [0.1, 0.15) is 0 Å². The number of aliphatic imine (C=N–C) groups is 1. The molecule has 0 saturated heterocycles. The third kappa shape index (κ3) is 6.20. The third-order valence-corrected chi connectivity index (χ3v) is 6.87. The Morgan fingerprint density at radius 2 is 1.81 bits per heavy atom. The Kier molecular flexibility index (Phi) is 7.30. The number of carbonyl (C=O) groups excluding carboxylic acids is 1. The standard InChI is InChI=1S/C25H35N5O6S/c1-25(2,3)21(15-12-13-18(35-6)19(14-15)36-7)27-23-22(28-37(8,33,34)29-23)26-17-11-9-10-16(20(17)31)24(32)30(4)5/h9-14,21,31H,1-8H3,(H3,26,27,28,29,33,34). The summed E-state index contributed by atoms with van der Waals surface area (Å²) in [7, 11) is 1.57. The second-order valence-electron chi connectivity index (χ2n) is 10.2. The first-order chi connectivity index (χ1) is 17.0. The van der Waals surface area contributed by atoms with Crippen molar-refractivity contribution < 1.29 is 28.1 Å². The largest absolute Gasteiger partial charge is 0.505 e. The predicted octanol–water partition coefficient (Wildman–Crippen LogP) is 3.46. The first kappa shape index (κ1) is 27.9. The highest BCUT2D eigenvalue weighted by Crippen LogP contribution is 2.40. The minimum absolute atomic E-state index is 0.0282. The molecule has 0 aliphatic carbocycles. The quantitative estimate of drug-likeness (QED) is 0.416. The Hall–Kier alpha value is -3.64. The number of amidine groups is 2. The van der Waals surface area contributed by atoms with Crippen molar-refractivity contribution in [3.8, 4) is 17.2 Å². The zero-order chi connectivity index (χ0) is 27.8. The highest BCUT2D eigenvalue weighted by molar-refractivity contribution is 8.12. The Bertz CT molecular complexity index is 1340. The minimum atomic E-state index is -4.66. The van der Waals surface area contributed by atoms with Crippen LogP contribution >= 0.6 is 0 Å². The highest BCUT2D eigenvalue weighted by Gasteiger charge is 2.36. The van der Waals surface area contributed by atoms with Gasteiger partial charge in [0.15, 0.2) is 28.9 Å². The first-order valence-electron chi connectivity index (χ1n) is 11.4. The molecular formula is C25H35N5O6S. The zero-order valence-corrected chi connectivity index (χ0v) is 23.1. The van der Waals surface area contributed by atoms with Gasteiger partial charge < -0.3 is 24.8 Å². The molecule has 1 unspecified atom stereocenters. The van der Waals surface area contributed by atoms with E-state index in [1.54, 1.807) is 39.4 Å². The van der Waals surface area contributed by atoms with Crippen molar-refractivity contribution in [3.63, 3.8) is 0 Å². The molecule has 3 rings (SSSR count). The molecule has 12 heteroatoms. The van der Waals surface area contributed by atoms with Crippen molar-refractivity contribution in [2.75, 3.05) is 39.9 Å². The topological polar surface area (TPSA) is 145 Å². The molecule has 1 aliphatic rings. The molecule has 4 N–H and O–H groups in total. The number of nitrogens with one attached hydrogen (secondary N) is 2. The summed E-state index contributed by atoms with van der Waals surface area (Å²) in [5.74, 6) is 0.335. The average molecular weight is 534 g/mol. The van der Waals surface area contributed by atoms with Crippen LogP contribution in [-0.4, -0.2) is 70.9 Å². The molecule has 1 aliphatic heterocycles. The molecular weight excluding hydrogens is 498 g/mol. The number of hydrogen-bond donors (Lipinski definition) is 4. The molecule has 2 aromatic rings. The average Bonchev–Trinajstić information content (AvgIpc) is 3.05. The van der Waals surface area contributed by atoms with Crippen molar-refractivity contribution in [1.82, 2.24) is 9.62 Å². The summed E-state index contributed by atoms with van der Waals surface area (Å²) in [6.45, 7) is 5.96. The summed E-state index contributed by atoms with van der Waals surface area (Å²) in [5, 5.41) is 13.6. The number of phenols is 1. The lowest BCUT2D eigenvalue weighted by molar-refractivity contribution is 0.0824. The Morgan fingerprint density at radius 3 is 2.38 bits per heavy atom. The number of amides is 1. The SMILES string of the molecule is COc1ccc(C(N=C2NS(C)(=O)(O)N=C2Nc2cccc(C(=O)N(C)C)c2O)C(C)(C)C)cc1OC. The second kappa shape index (κ2) is 9.67. The van der Waals surface area contributed by atoms with Crippen LogP contribution in [0.15, 0.2) is 45.8 Å². The van der Waals surface area contributed by atoms with Crippen LogP contribution < -0.4 is 19.5 Å². The summed E-state index contributed by atoms with van der Waals surface area (Å²) in [4.78, 5) is 18.6. The van der Waals surface area contributed by atoms with E-state index in [2.05, 4.69) is 14.4 Å². The maximum Gasteiger partial charge on any atom is 0.257 e. The molecule has 0 saturated carbocycles. The van der Waals surface area contributed by atoms with E-state index < -0.39 is 27.1 Å². The smallest absolute Gasteiger partial charge is 0.257 e. The molecule has 2 aromatic carbocycles. The number of hydrogen-bond acceptors (Lipinski definition) is 7. The van der Waals surface area contributed by atoms with Crippen LogP contribution in [0.3, 0.4) is 0 Å². The molecule has 37 heavy (non-hydrogen) atoms. The molecule has 11 nitrogen and oxygen atoms in total. The predicted molar refractivity (Wildman–Crippen MR) is 146 cm³/mol. The fraction of sp³-hybridized carbons (Fsp3) is 0.400. The number of benzene rings is 2. The maximum atomic E-state index is 13.1. The number of anilines is 1. The van der Waals surface area contributed by atoms with E-state index in [1.807, 2.05) is 26.8 Å². The lowest BCUT2D eigenvalue weighted by Crippen LogP contribution is -2.43. The molecule has 0 fully saturated rings. The third-order valence-electron chi connectivity index (χ3n) is 5.59. The molecule has 0 aromatic heterocycles. The lowest BCUT2D eigenvalue weighted by atomic mass is 9.82. The van der Waals surface area contributed by atoms with E-state index in [1.165, 1.54) is 24.1 Å². The molecule has 1 heterocycles. The van der Waals surface area contributed by atoms with Gasteiger partial charge in [-0.25, -0.2) is 0 Å². The first-order valence-corrected chi connectivity index (χ1v) is 13.7. The summed E-state index contributed by atoms with van der Waals surface area (Å²) >= 11 is 0. The van der Waals surface area contributed by atoms with Gasteiger partial charge in [0.25, 0.3) is 5.91 Å². The van der Waals surface area contributed by atoms with Gasteiger partial charge in [-0.3, -0.25) is 19.1 Å². The van der Waals surface area contributed by atoms with E-state index in [0.29, 0.717) is 11.5 Å². The van der Waals surface area contributed by atoms with Crippen LogP contribution in [0.5, 0.6) is 17.2 Å². The second-order valence-corrected chi connectivity index (χ2v) is 13.0. The molecule has 0 bridgehead atoms. The lowest BCUT2D eigenvalue weighted by Gasteiger charge is -2.31. The van der Waals surface area contributed by atoms with Crippen molar-refractivity contribution in [2.45, 2.75) is 26.8 Å². The summed E-state index contributed by atoms with van der Waals surface area (Å²) in [6, 6.07) is 9.52. The van der Waals surface area contributed by atoms with Gasteiger partial charge in [-0.1, -0.05) is 32.9 Å². The number of para-hydroxylation sites is 1. The van der Waals surface area contributed by atoms with E-state index in [9.17, 15) is 18.7 Å². The number of methoxy groups -OCH3 is 2. The summed E-state index contributed by atoms with van der Waals surface area (Å²) in [5.41, 5.74) is 0.549. The number of nitrogens with zero attached hydrogens (tertiary/aromatic N) is 3. The van der Waals surface area contributed by atoms with E-state index in [4.69, 9.17) is 14.5 Å². The molecule has 1 amide bonds. The van der Waals surface area contributed by atoms with E-state index in [-0.39, 0.29) is 28.7 Å². The zero-order valence-electron chi connectivity index (χ0n) is 22.3. The van der Waals surface area contributed by atoms with Crippen molar-refractivity contribution in [1.29, 1.82) is 0 Å². The molecule has 0 radical (unpaired) electrons. The van der Waals surface area contributed by atoms with Gasteiger partial charge in [0, 0.05) is 14.1 Å².